The average Bonchev–Trinajstić information content (AvgIpc) is 2.06. The van der Waals surface area contributed by atoms with Crippen LogP contribution in [0.2, 0.25) is 0 Å². The van der Waals surface area contributed by atoms with Crippen LogP contribution in [-0.4, -0.2) is 38.1 Å². The van der Waals surface area contributed by atoms with Crippen molar-refractivity contribution in [2.75, 3.05) is 33.2 Å². The molecule has 1 heterocycles. The number of hydrogen-bond donors (Lipinski definition) is 1. The summed E-state index contributed by atoms with van der Waals surface area (Å²) in [5.41, 5.74) is 0. The Morgan fingerprint density at radius 3 is 2.92 bits per heavy atom. The minimum absolute atomic E-state index is 0.898. The van der Waals surface area contributed by atoms with Crippen molar-refractivity contribution in [3.63, 3.8) is 0 Å². The molecule has 1 saturated heterocycles. The lowest BCUT2D eigenvalue weighted by Crippen LogP contribution is -2.37. The van der Waals surface area contributed by atoms with E-state index < -0.39 is 0 Å². The zero-order chi connectivity index (χ0) is 8.81. The maximum absolute atomic E-state index is 3.46. The summed E-state index contributed by atoms with van der Waals surface area (Å²) < 4.78 is 0. The molecular weight excluding hydrogens is 148 g/mol. The molecule has 1 N–H and O–H groups in total. The molecule has 0 aromatic rings. The fourth-order valence-corrected chi connectivity index (χ4v) is 1.99. The third-order valence-corrected chi connectivity index (χ3v) is 2.57. The lowest BCUT2D eigenvalue weighted by atomic mass is 9.99. The molecule has 0 aliphatic carbocycles. The van der Waals surface area contributed by atoms with Crippen LogP contribution >= 0.6 is 0 Å². The molecule has 0 aromatic heterocycles. The van der Waals surface area contributed by atoms with E-state index in [4.69, 9.17) is 0 Å². The fraction of sp³-hybridized carbons (Fsp3) is 1.00. The summed E-state index contributed by atoms with van der Waals surface area (Å²) >= 11 is 0. The molecule has 12 heavy (non-hydrogen) atoms. The second-order valence-corrected chi connectivity index (χ2v) is 3.97. The first-order valence-electron chi connectivity index (χ1n) is 5.22. The Morgan fingerprint density at radius 1 is 1.50 bits per heavy atom. The zero-order valence-electron chi connectivity index (χ0n) is 8.47. The van der Waals surface area contributed by atoms with Gasteiger partial charge in [-0.3, -0.25) is 0 Å². The second kappa shape index (κ2) is 5.55. The van der Waals surface area contributed by atoms with Gasteiger partial charge in [0.25, 0.3) is 0 Å². The maximum atomic E-state index is 3.46. The molecule has 1 fully saturated rings. The van der Waals surface area contributed by atoms with Crippen molar-refractivity contribution in [2.24, 2.45) is 5.92 Å². The van der Waals surface area contributed by atoms with Crippen LogP contribution in [0.25, 0.3) is 0 Å². The Morgan fingerprint density at radius 2 is 2.33 bits per heavy atom. The van der Waals surface area contributed by atoms with Gasteiger partial charge in [-0.15, -0.1) is 0 Å². The van der Waals surface area contributed by atoms with Crippen molar-refractivity contribution in [2.45, 2.75) is 26.2 Å². The second-order valence-electron chi connectivity index (χ2n) is 3.97. The monoisotopic (exact) mass is 170 g/mol. The van der Waals surface area contributed by atoms with Gasteiger partial charge in [0, 0.05) is 6.54 Å². The van der Waals surface area contributed by atoms with Crippen LogP contribution in [0.3, 0.4) is 0 Å². The molecule has 1 atom stereocenters. The molecule has 0 amide bonds. The minimum atomic E-state index is 0.898. The highest BCUT2D eigenvalue weighted by atomic mass is 15.1. The van der Waals surface area contributed by atoms with Gasteiger partial charge in [-0.05, 0) is 51.9 Å². The summed E-state index contributed by atoms with van der Waals surface area (Å²) in [6, 6.07) is 0. The van der Waals surface area contributed by atoms with Crippen LogP contribution in [0.5, 0.6) is 0 Å². The van der Waals surface area contributed by atoms with Gasteiger partial charge >= 0.3 is 0 Å². The molecule has 2 heteroatoms. The van der Waals surface area contributed by atoms with Crippen LogP contribution < -0.4 is 5.32 Å². The van der Waals surface area contributed by atoms with Crippen molar-refractivity contribution < 1.29 is 0 Å². The number of piperidine rings is 1. The van der Waals surface area contributed by atoms with E-state index in [2.05, 4.69) is 24.2 Å². The average molecular weight is 170 g/mol. The number of nitrogens with one attached hydrogen (secondary N) is 1. The van der Waals surface area contributed by atoms with E-state index in [1.807, 2.05) is 0 Å². The number of nitrogens with zero attached hydrogens (tertiary/aromatic N) is 1. The van der Waals surface area contributed by atoms with Gasteiger partial charge in [0.15, 0.2) is 0 Å². The zero-order valence-corrected chi connectivity index (χ0v) is 8.47. The van der Waals surface area contributed by atoms with E-state index in [0.717, 1.165) is 5.92 Å². The SMILES string of the molecule is CCCN(C)CC1CCCNC1. The number of hydrogen-bond acceptors (Lipinski definition) is 2. The highest BCUT2D eigenvalue weighted by Gasteiger charge is 2.13. The molecule has 0 radical (unpaired) electrons. The molecule has 1 rings (SSSR count). The highest BCUT2D eigenvalue weighted by molar-refractivity contribution is 4.71. The summed E-state index contributed by atoms with van der Waals surface area (Å²) in [6.07, 6.45) is 4.06. The Labute approximate surface area is 76.3 Å². The molecule has 1 unspecified atom stereocenters. The van der Waals surface area contributed by atoms with Gasteiger partial charge in [-0.2, -0.15) is 0 Å². The summed E-state index contributed by atoms with van der Waals surface area (Å²) in [6.45, 7) is 7.23. The lowest BCUT2D eigenvalue weighted by Gasteiger charge is -2.27. The Balaban J connectivity index is 2.11. The van der Waals surface area contributed by atoms with E-state index in [0.29, 0.717) is 0 Å². The molecule has 0 spiro atoms. The molecule has 0 aromatic carbocycles. The van der Waals surface area contributed by atoms with Gasteiger partial charge in [0.2, 0.25) is 0 Å². The fourth-order valence-electron chi connectivity index (χ4n) is 1.99. The number of rotatable bonds is 4. The Bertz CT molecular complexity index is 108. The predicted molar refractivity (Wildman–Crippen MR) is 53.4 cm³/mol. The minimum Gasteiger partial charge on any atom is -0.316 e. The standard InChI is InChI=1S/C10H22N2/c1-3-7-12(2)9-10-5-4-6-11-8-10/h10-11H,3-9H2,1-2H3. The Hall–Kier alpha value is -0.0800. The highest BCUT2D eigenvalue weighted by Crippen LogP contribution is 2.10. The molecule has 72 valence electrons. The summed E-state index contributed by atoms with van der Waals surface area (Å²) in [4.78, 5) is 2.46. The van der Waals surface area contributed by atoms with Crippen molar-refractivity contribution in [3.05, 3.63) is 0 Å². The first-order valence-corrected chi connectivity index (χ1v) is 5.22. The van der Waals surface area contributed by atoms with Crippen molar-refractivity contribution in [3.8, 4) is 0 Å². The summed E-state index contributed by atoms with van der Waals surface area (Å²) in [7, 11) is 2.23. The van der Waals surface area contributed by atoms with Crippen LogP contribution in [0.15, 0.2) is 0 Å². The summed E-state index contributed by atoms with van der Waals surface area (Å²) in [5, 5.41) is 3.46. The first-order chi connectivity index (χ1) is 5.83. The van der Waals surface area contributed by atoms with E-state index in [-0.39, 0.29) is 0 Å². The topological polar surface area (TPSA) is 15.3 Å². The maximum Gasteiger partial charge on any atom is 0.00187 e. The van der Waals surface area contributed by atoms with Crippen LogP contribution in [0.1, 0.15) is 26.2 Å². The smallest absolute Gasteiger partial charge is 0.00187 e. The van der Waals surface area contributed by atoms with Gasteiger partial charge < -0.3 is 10.2 Å². The van der Waals surface area contributed by atoms with Crippen LogP contribution in [-0.2, 0) is 0 Å². The van der Waals surface area contributed by atoms with Crippen molar-refractivity contribution in [1.82, 2.24) is 10.2 Å². The molecule has 1 aliphatic heterocycles. The molecule has 0 bridgehead atoms. The van der Waals surface area contributed by atoms with Crippen LogP contribution in [0, 0.1) is 5.92 Å². The molecule has 2 nitrogen and oxygen atoms in total. The first kappa shape index (κ1) is 10.0. The summed E-state index contributed by atoms with van der Waals surface area (Å²) in [5.74, 6) is 0.898. The van der Waals surface area contributed by atoms with E-state index in [1.54, 1.807) is 0 Å². The quantitative estimate of drug-likeness (QED) is 0.684. The van der Waals surface area contributed by atoms with Crippen molar-refractivity contribution in [1.29, 1.82) is 0 Å². The lowest BCUT2D eigenvalue weighted by molar-refractivity contribution is 0.243. The molecule has 0 saturated carbocycles. The Kier molecular flexibility index (Phi) is 4.62. The third-order valence-electron chi connectivity index (χ3n) is 2.57. The van der Waals surface area contributed by atoms with Gasteiger partial charge in [-0.1, -0.05) is 6.92 Å². The normalized spacial score (nSPS) is 24.8. The molecular formula is C10H22N2. The third kappa shape index (κ3) is 3.55. The van der Waals surface area contributed by atoms with Crippen LogP contribution in [0.4, 0.5) is 0 Å². The van der Waals surface area contributed by atoms with Gasteiger partial charge in [0.05, 0.1) is 0 Å². The van der Waals surface area contributed by atoms with E-state index in [1.165, 1.54) is 45.4 Å². The van der Waals surface area contributed by atoms with Gasteiger partial charge in [0.1, 0.15) is 0 Å². The van der Waals surface area contributed by atoms with E-state index >= 15 is 0 Å². The van der Waals surface area contributed by atoms with Crippen molar-refractivity contribution >= 4 is 0 Å². The van der Waals surface area contributed by atoms with Gasteiger partial charge in [-0.25, -0.2) is 0 Å². The van der Waals surface area contributed by atoms with E-state index in [9.17, 15) is 0 Å². The predicted octanol–water partition coefficient (Wildman–Crippen LogP) is 1.33. The largest absolute Gasteiger partial charge is 0.316 e. The molecule has 1 aliphatic rings.